The molecule has 0 unspecified atom stereocenters. The molecule has 5 nitrogen and oxygen atoms in total. The molecule has 1 aromatic rings. The second kappa shape index (κ2) is 2.30. The topological polar surface area (TPSA) is 91.7 Å². The maximum Gasteiger partial charge on any atom is 0.326 e. The molecule has 0 aliphatic rings. The summed E-state index contributed by atoms with van der Waals surface area (Å²) in [7, 11) is 0. The maximum atomic E-state index is 10.6. The molecule has 0 atom stereocenters. The van der Waals surface area contributed by atoms with Gasteiger partial charge in [-0.3, -0.25) is 14.8 Å². The van der Waals surface area contributed by atoms with Gasteiger partial charge in [0.05, 0.1) is 0 Å². The molecule has 0 saturated heterocycles. The first-order chi connectivity index (χ1) is 4.61. The highest BCUT2D eigenvalue weighted by atomic mass is 79.9. The van der Waals surface area contributed by atoms with Gasteiger partial charge in [0, 0.05) is 0 Å². The number of nitrogens with one attached hydrogen (secondary N) is 2. The summed E-state index contributed by atoms with van der Waals surface area (Å²) in [6.45, 7) is 0. The molecule has 0 aromatic carbocycles. The first-order valence-corrected chi connectivity index (χ1v) is 3.18. The lowest BCUT2D eigenvalue weighted by molar-refractivity contribution is 1.02. The highest BCUT2D eigenvalue weighted by Crippen LogP contribution is 2.06. The Bertz CT molecular complexity index is 352. The van der Waals surface area contributed by atoms with Crippen LogP contribution in [0.15, 0.2) is 14.2 Å². The molecule has 54 valence electrons. The monoisotopic (exact) mass is 205 g/mol. The molecule has 0 radical (unpaired) electrons. The second-order valence-corrected chi connectivity index (χ2v) is 2.43. The number of aromatic amines is 2. The number of hydrogen-bond donors (Lipinski definition) is 3. The molecular weight excluding hydrogens is 202 g/mol. The number of H-pyrrole nitrogens is 2. The van der Waals surface area contributed by atoms with Crippen molar-refractivity contribution in [3.63, 3.8) is 0 Å². The van der Waals surface area contributed by atoms with Crippen LogP contribution in [-0.2, 0) is 0 Å². The Morgan fingerprint density at radius 3 is 2.40 bits per heavy atom. The average Bonchev–Trinajstić information content (AvgIpc) is 1.82. The van der Waals surface area contributed by atoms with Crippen LogP contribution < -0.4 is 17.0 Å². The van der Waals surface area contributed by atoms with Crippen molar-refractivity contribution >= 4 is 21.6 Å². The molecule has 10 heavy (non-hydrogen) atoms. The van der Waals surface area contributed by atoms with E-state index in [4.69, 9.17) is 5.73 Å². The van der Waals surface area contributed by atoms with E-state index >= 15 is 0 Å². The fourth-order valence-corrected chi connectivity index (χ4v) is 0.829. The van der Waals surface area contributed by atoms with Gasteiger partial charge >= 0.3 is 5.69 Å². The van der Waals surface area contributed by atoms with Crippen LogP contribution in [0.1, 0.15) is 0 Å². The number of nitrogen functional groups attached to an aromatic ring is 1. The summed E-state index contributed by atoms with van der Waals surface area (Å²) in [6.07, 6.45) is 0. The lowest BCUT2D eigenvalue weighted by Gasteiger charge is -1.92. The van der Waals surface area contributed by atoms with Crippen LogP contribution in [0.5, 0.6) is 0 Å². The van der Waals surface area contributed by atoms with E-state index in [1.165, 1.54) is 0 Å². The molecular formula is C4H4BrN3O2. The molecule has 0 bridgehead atoms. The molecule has 0 saturated carbocycles. The summed E-state index contributed by atoms with van der Waals surface area (Å²) in [6, 6.07) is 0. The zero-order valence-electron chi connectivity index (χ0n) is 4.77. The minimum atomic E-state index is -0.587. The minimum absolute atomic E-state index is 0.0281. The van der Waals surface area contributed by atoms with E-state index in [-0.39, 0.29) is 10.3 Å². The smallest absolute Gasteiger partial charge is 0.326 e. The number of aromatic nitrogens is 2. The van der Waals surface area contributed by atoms with Crippen molar-refractivity contribution in [2.75, 3.05) is 5.73 Å². The Hall–Kier alpha value is -1.04. The van der Waals surface area contributed by atoms with Crippen molar-refractivity contribution in [3.8, 4) is 0 Å². The van der Waals surface area contributed by atoms with Gasteiger partial charge in [-0.2, -0.15) is 0 Å². The van der Waals surface area contributed by atoms with Crippen molar-refractivity contribution in [2.24, 2.45) is 0 Å². The molecule has 0 aliphatic carbocycles. The molecule has 0 spiro atoms. The Kier molecular flexibility index (Phi) is 1.62. The first kappa shape index (κ1) is 7.07. The van der Waals surface area contributed by atoms with E-state index in [9.17, 15) is 9.59 Å². The molecule has 0 amide bonds. The van der Waals surface area contributed by atoms with Crippen LogP contribution in [0.3, 0.4) is 0 Å². The first-order valence-electron chi connectivity index (χ1n) is 2.39. The van der Waals surface area contributed by atoms with Gasteiger partial charge in [0.2, 0.25) is 0 Å². The van der Waals surface area contributed by atoms with Crippen molar-refractivity contribution in [3.05, 3.63) is 25.4 Å². The molecule has 0 fully saturated rings. The summed E-state index contributed by atoms with van der Waals surface area (Å²) in [5.41, 5.74) is 4.00. The Labute approximate surface area is 63.4 Å². The standard InChI is InChI=1S/C4H4BrN3O2/c5-2-1(6)3(9)8-4(10)7-2/h6H2,(H2,7,8,9,10). The molecule has 1 aromatic heterocycles. The predicted octanol–water partition coefficient (Wildman–Crippen LogP) is -0.592. The number of hydrogen-bond acceptors (Lipinski definition) is 3. The Balaban J connectivity index is 3.62. The minimum Gasteiger partial charge on any atom is -0.392 e. The third kappa shape index (κ3) is 1.10. The summed E-state index contributed by atoms with van der Waals surface area (Å²) in [4.78, 5) is 25.3. The van der Waals surface area contributed by atoms with E-state index in [0.29, 0.717) is 0 Å². The van der Waals surface area contributed by atoms with Crippen LogP contribution in [-0.4, -0.2) is 9.97 Å². The summed E-state index contributed by atoms with van der Waals surface area (Å²) in [5.74, 6) is 0. The summed E-state index contributed by atoms with van der Waals surface area (Å²) in [5, 5.41) is 0. The lowest BCUT2D eigenvalue weighted by Crippen LogP contribution is -2.24. The third-order valence-corrected chi connectivity index (χ3v) is 1.56. The Morgan fingerprint density at radius 1 is 1.30 bits per heavy atom. The molecule has 4 N–H and O–H groups in total. The van der Waals surface area contributed by atoms with E-state index in [0.717, 1.165) is 0 Å². The summed E-state index contributed by atoms with van der Waals surface area (Å²) >= 11 is 2.90. The maximum absolute atomic E-state index is 10.6. The van der Waals surface area contributed by atoms with Crippen LogP contribution in [0.2, 0.25) is 0 Å². The number of nitrogens with two attached hydrogens (primary N) is 1. The fraction of sp³-hybridized carbons (Fsp3) is 0. The number of halogens is 1. The van der Waals surface area contributed by atoms with Crippen molar-refractivity contribution in [2.45, 2.75) is 0 Å². The number of anilines is 1. The van der Waals surface area contributed by atoms with Crippen molar-refractivity contribution in [1.29, 1.82) is 0 Å². The third-order valence-electron chi connectivity index (χ3n) is 0.931. The fourth-order valence-electron chi connectivity index (χ4n) is 0.468. The van der Waals surface area contributed by atoms with Gasteiger partial charge in [-0.25, -0.2) is 4.79 Å². The van der Waals surface area contributed by atoms with Crippen LogP contribution in [0, 0.1) is 0 Å². The van der Waals surface area contributed by atoms with E-state index < -0.39 is 11.2 Å². The Morgan fingerprint density at radius 2 is 1.90 bits per heavy atom. The van der Waals surface area contributed by atoms with Gasteiger partial charge < -0.3 is 5.73 Å². The second-order valence-electron chi connectivity index (χ2n) is 1.64. The van der Waals surface area contributed by atoms with Gasteiger partial charge in [0.25, 0.3) is 5.56 Å². The quantitative estimate of drug-likeness (QED) is 0.495. The van der Waals surface area contributed by atoms with Crippen LogP contribution >= 0.6 is 15.9 Å². The van der Waals surface area contributed by atoms with E-state index in [1.54, 1.807) is 0 Å². The zero-order valence-corrected chi connectivity index (χ0v) is 6.36. The predicted molar refractivity (Wildman–Crippen MR) is 39.8 cm³/mol. The highest BCUT2D eigenvalue weighted by Gasteiger charge is 1.99. The van der Waals surface area contributed by atoms with Crippen molar-refractivity contribution in [1.82, 2.24) is 9.97 Å². The largest absolute Gasteiger partial charge is 0.392 e. The average molecular weight is 206 g/mol. The van der Waals surface area contributed by atoms with Gasteiger partial charge in [-0.05, 0) is 15.9 Å². The zero-order chi connectivity index (χ0) is 7.72. The van der Waals surface area contributed by atoms with E-state index in [1.807, 2.05) is 4.98 Å². The molecule has 6 heteroatoms. The molecule has 1 heterocycles. The van der Waals surface area contributed by atoms with Crippen LogP contribution in [0.4, 0.5) is 5.69 Å². The van der Waals surface area contributed by atoms with Gasteiger partial charge in [0.1, 0.15) is 10.3 Å². The molecule has 0 aliphatic heterocycles. The normalized spacial score (nSPS) is 9.70. The summed E-state index contributed by atoms with van der Waals surface area (Å²) < 4.78 is 0.209. The molecule has 1 rings (SSSR count). The number of rotatable bonds is 0. The van der Waals surface area contributed by atoms with Gasteiger partial charge in [0.15, 0.2) is 0 Å². The van der Waals surface area contributed by atoms with Gasteiger partial charge in [-0.1, -0.05) is 0 Å². The van der Waals surface area contributed by atoms with Gasteiger partial charge in [-0.15, -0.1) is 0 Å². The van der Waals surface area contributed by atoms with Crippen LogP contribution in [0.25, 0.3) is 0 Å². The van der Waals surface area contributed by atoms with Crippen molar-refractivity contribution < 1.29 is 0 Å². The van der Waals surface area contributed by atoms with E-state index in [2.05, 4.69) is 20.9 Å². The lowest BCUT2D eigenvalue weighted by atomic mass is 10.6. The SMILES string of the molecule is Nc1c(Br)[nH]c(=O)[nH]c1=O. The highest BCUT2D eigenvalue weighted by molar-refractivity contribution is 9.10.